The fourth-order valence-corrected chi connectivity index (χ4v) is 4.22. The van der Waals surface area contributed by atoms with Crippen LogP contribution in [0.1, 0.15) is 37.4 Å². The Hall–Kier alpha value is -3.53. The molecule has 0 bridgehead atoms. The van der Waals surface area contributed by atoms with Crippen LogP contribution >= 0.6 is 0 Å². The van der Waals surface area contributed by atoms with E-state index in [0.29, 0.717) is 28.8 Å². The third-order valence-electron chi connectivity index (χ3n) is 5.98. The molecule has 3 aromatic heterocycles. The molecule has 0 amide bonds. The Morgan fingerprint density at radius 2 is 2.06 bits per heavy atom. The van der Waals surface area contributed by atoms with Crippen molar-refractivity contribution >= 4 is 11.5 Å². The molecule has 34 heavy (non-hydrogen) atoms. The number of halogens is 2. The number of fused-ring (bicyclic) bond motifs is 1. The molecule has 1 aliphatic rings. The Balaban J connectivity index is 1.40. The second-order valence-electron chi connectivity index (χ2n) is 8.28. The van der Waals surface area contributed by atoms with Crippen molar-refractivity contribution in [1.29, 1.82) is 0 Å². The van der Waals surface area contributed by atoms with Gasteiger partial charge >= 0.3 is 0 Å². The lowest BCUT2D eigenvalue weighted by atomic mass is 10.1. The highest BCUT2D eigenvalue weighted by Gasteiger charge is 2.19. The van der Waals surface area contributed by atoms with Crippen LogP contribution in [-0.2, 0) is 4.74 Å². The topological polar surface area (TPSA) is 78.5 Å². The number of aromatic nitrogens is 5. The molecule has 1 fully saturated rings. The van der Waals surface area contributed by atoms with E-state index in [9.17, 15) is 8.78 Å². The van der Waals surface area contributed by atoms with Crippen LogP contribution in [0.5, 0.6) is 5.75 Å². The van der Waals surface area contributed by atoms with Gasteiger partial charge in [-0.15, -0.1) is 0 Å². The number of nitrogens with one attached hydrogen (secondary N) is 1. The first kappa shape index (κ1) is 22.3. The zero-order chi connectivity index (χ0) is 23.5. The van der Waals surface area contributed by atoms with Crippen molar-refractivity contribution in [3.63, 3.8) is 0 Å². The number of nitrogens with zero attached hydrogens (tertiary/aromatic N) is 5. The van der Waals surface area contributed by atoms with Gasteiger partial charge in [-0.2, -0.15) is 10.2 Å². The molecule has 0 saturated carbocycles. The van der Waals surface area contributed by atoms with Crippen molar-refractivity contribution in [1.82, 2.24) is 24.4 Å². The molecule has 0 spiro atoms. The molecule has 0 radical (unpaired) electrons. The van der Waals surface area contributed by atoms with Gasteiger partial charge in [-0.1, -0.05) is 0 Å². The first-order valence-corrected chi connectivity index (χ1v) is 11.3. The van der Waals surface area contributed by atoms with Crippen molar-refractivity contribution in [2.75, 3.05) is 31.8 Å². The van der Waals surface area contributed by atoms with Gasteiger partial charge in [0, 0.05) is 42.3 Å². The smallest absolute Gasteiger partial charge is 0.165 e. The average molecular weight is 469 g/mol. The molecule has 4 heterocycles. The second-order valence-corrected chi connectivity index (χ2v) is 8.28. The van der Waals surface area contributed by atoms with Gasteiger partial charge in [-0.25, -0.2) is 18.3 Å². The van der Waals surface area contributed by atoms with Gasteiger partial charge in [-0.3, -0.25) is 4.68 Å². The van der Waals surface area contributed by atoms with Crippen molar-refractivity contribution in [2.45, 2.75) is 31.8 Å². The molecule has 1 N–H and O–H groups in total. The molecule has 5 rings (SSSR count). The molecular weight excluding hydrogens is 442 g/mol. The SMILES string of the molecule is CC(Nc1ccn2ncc(-c3cnn(C4CCOCC4)c3)c2n1)c1cc(F)ccc1OCCF. The highest BCUT2D eigenvalue weighted by Crippen LogP contribution is 2.30. The predicted octanol–water partition coefficient (Wildman–Crippen LogP) is 4.60. The zero-order valence-corrected chi connectivity index (χ0v) is 18.8. The van der Waals surface area contributed by atoms with E-state index >= 15 is 0 Å². The Labute approximate surface area is 195 Å². The van der Waals surface area contributed by atoms with Gasteiger partial charge < -0.3 is 14.8 Å². The number of rotatable bonds is 8. The number of ether oxygens (including phenoxy) is 2. The molecule has 178 valence electrons. The van der Waals surface area contributed by atoms with Gasteiger partial charge in [0.05, 0.1) is 24.5 Å². The Morgan fingerprint density at radius 3 is 2.88 bits per heavy atom. The Kier molecular flexibility index (Phi) is 6.39. The van der Waals surface area contributed by atoms with Gasteiger partial charge in [0.2, 0.25) is 0 Å². The summed E-state index contributed by atoms with van der Waals surface area (Å²) in [6, 6.07) is 6.00. The summed E-state index contributed by atoms with van der Waals surface area (Å²) < 4.78 is 41.1. The second kappa shape index (κ2) is 9.76. The summed E-state index contributed by atoms with van der Waals surface area (Å²) in [7, 11) is 0. The van der Waals surface area contributed by atoms with E-state index in [0.717, 1.165) is 37.2 Å². The number of hydrogen-bond acceptors (Lipinski definition) is 6. The monoisotopic (exact) mass is 468 g/mol. The van der Waals surface area contributed by atoms with Crippen LogP contribution in [0.15, 0.2) is 49.1 Å². The summed E-state index contributed by atoms with van der Waals surface area (Å²) >= 11 is 0. The molecule has 1 atom stereocenters. The molecule has 1 unspecified atom stereocenters. The average Bonchev–Trinajstić information content (AvgIpc) is 3.51. The summed E-state index contributed by atoms with van der Waals surface area (Å²) in [5, 5.41) is 12.3. The molecule has 0 aliphatic carbocycles. The maximum Gasteiger partial charge on any atom is 0.165 e. The third kappa shape index (κ3) is 4.58. The first-order valence-electron chi connectivity index (χ1n) is 11.3. The number of benzene rings is 1. The van der Waals surface area contributed by atoms with Crippen LogP contribution in [0, 0.1) is 5.82 Å². The lowest BCUT2D eigenvalue weighted by Crippen LogP contribution is -2.19. The predicted molar refractivity (Wildman–Crippen MR) is 123 cm³/mol. The Morgan fingerprint density at radius 1 is 1.21 bits per heavy atom. The van der Waals surface area contributed by atoms with Gasteiger partial charge in [-0.05, 0) is 44.0 Å². The number of alkyl halides is 1. The van der Waals surface area contributed by atoms with E-state index in [1.807, 2.05) is 30.2 Å². The summed E-state index contributed by atoms with van der Waals surface area (Å²) in [6.45, 7) is 2.66. The third-order valence-corrected chi connectivity index (χ3v) is 5.98. The summed E-state index contributed by atoms with van der Waals surface area (Å²) in [6.07, 6.45) is 9.33. The normalized spacial score (nSPS) is 15.5. The maximum atomic E-state index is 13.9. The molecule has 1 aliphatic heterocycles. The summed E-state index contributed by atoms with van der Waals surface area (Å²) in [4.78, 5) is 4.75. The highest BCUT2D eigenvalue weighted by molar-refractivity contribution is 5.76. The minimum absolute atomic E-state index is 0.0870. The maximum absolute atomic E-state index is 13.9. The van der Waals surface area contributed by atoms with Crippen molar-refractivity contribution < 1.29 is 18.3 Å². The van der Waals surface area contributed by atoms with Gasteiger partial charge in [0.25, 0.3) is 0 Å². The molecule has 4 aromatic rings. The fraction of sp³-hybridized carbons (Fsp3) is 0.375. The largest absolute Gasteiger partial charge is 0.490 e. The van der Waals surface area contributed by atoms with Crippen LogP contribution in [-0.4, -0.2) is 50.9 Å². The lowest BCUT2D eigenvalue weighted by Gasteiger charge is -2.22. The van der Waals surface area contributed by atoms with Crippen LogP contribution in [0.2, 0.25) is 0 Å². The minimum Gasteiger partial charge on any atom is -0.490 e. The lowest BCUT2D eigenvalue weighted by molar-refractivity contribution is 0.0662. The zero-order valence-electron chi connectivity index (χ0n) is 18.8. The molecule has 8 nitrogen and oxygen atoms in total. The van der Waals surface area contributed by atoms with Crippen molar-refractivity contribution in [3.05, 3.63) is 60.4 Å². The standard InChI is InChI=1S/C24H26F2N6O2/c1-16(20-12-18(26)2-3-22(20)34-11-7-25)29-23-4-8-31-24(30-23)21(14-28-31)17-13-27-32(15-17)19-5-9-33-10-6-19/h2-4,8,12-16,19H,5-7,9-11H2,1H3,(H,29,30). The van der Waals surface area contributed by atoms with Crippen molar-refractivity contribution in [3.8, 4) is 16.9 Å². The number of hydrogen-bond donors (Lipinski definition) is 1. The molecule has 1 saturated heterocycles. The fourth-order valence-electron chi connectivity index (χ4n) is 4.22. The summed E-state index contributed by atoms with van der Waals surface area (Å²) in [5.74, 6) is 0.643. The van der Waals surface area contributed by atoms with E-state index in [2.05, 4.69) is 15.5 Å². The van der Waals surface area contributed by atoms with Crippen LogP contribution in [0.25, 0.3) is 16.8 Å². The van der Waals surface area contributed by atoms with E-state index in [-0.39, 0.29) is 18.5 Å². The molecule has 10 heteroatoms. The van der Waals surface area contributed by atoms with E-state index in [1.165, 1.54) is 18.2 Å². The van der Waals surface area contributed by atoms with E-state index in [4.69, 9.17) is 14.5 Å². The highest BCUT2D eigenvalue weighted by atomic mass is 19.1. The molecular formula is C24H26F2N6O2. The van der Waals surface area contributed by atoms with Crippen LogP contribution < -0.4 is 10.1 Å². The number of anilines is 1. The first-order chi connectivity index (χ1) is 16.6. The van der Waals surface area contributed by atoms with E-state index in [1.54, 1.807) is 16.8 Å². The minimum atomic E-state index is -0.619. The van der Waals surface area contributed by atoms with Gasteiger partial charge in [0.15, 0.2) is 5.65 Å². The quantitative estimate of drug-likeness (QED) is 0.407. The van der Waals surface area contributed by atoms with Crippen molar-refractivity contribution in [2.24, 2.45) is 0 Å². The van der Waals surface area contributed by atoms with Crippen LogP contribution in [0.4, 0.5) is 14.6 Å². The van der Waals surface area contributed by atoms with Gasteiger partial charge in [0.1, 0.15) is 30.7 Å². The molecule has 1 aromatic carbocycles. The van der Waals surface area contributed by atoms with E-state index < -0.39 is 6.67 Å². The van der Waals surface area contributed by atoms with Crippen LogP contribution in [0.3, 0.4) is 0 Å². The summed E-state index contributed by atoms with van der Waals surface area (Å²) in [5.41, 5.74) is 3.07. The Bertz CT molecular complexity index is 1270.